The molecule has 0 spiro atoms. The van der Waals surface area contributed by atoms with Gasteiger partial charge >= 0.3 is 6.09 Å². The Morgan fingerprint density at radius 1 is 1.45 bits per heavy atom. The van der Waals surface area contributed by atoms with Crippen molar-refractivity contribution >= 4 is 6.09 Å². The van der Waals surface area contributed by atoms with E-state index in [0.717, 1.165) is 5.56 Å². The molecule has 0 bridgehead atoms. The summed E-state index contributed by atoms with van der Waals surface area (Å²) < 4.78 is 5.56. The third kappa shape index (κ3) is 2.94. The second-order valence-corrected chi connectivity index (χ2v) is 5.22. The highest BCUT2D eigenvalue weighted by Gasteiger charge is 2.48. The molecule has 5 nitrogen and oxygen atoms in total. The fourth-order valence-electron chi connectivity index (χ4n) is 2.97. The van der Waals surface area contributed by atoms with Gasteiger partial charge in [0.25, 0.3) is 0 Å². The summed E-state index contributed by atoms with van der Waals surface area (Å²) in [6.45, 7) is 2.56. The molecule has 1 aromatic carbocycles. The van der Waals surface area contributed by atoms with Crippen molar-refractivity contribution in [1.82, 2.24) is 4.90 Å². The van der Waals surface area contributed by atoms with Gasteiger partial charge in [0.1, 0.15) is 0 Å². The van der Waals surface area contributed by atoms with Gasteiger partial charge in [0, 0.05) is 13.0 Å². The summed E-state index contributed by atoms with van der Waals surface area (Å²) in [5.41, 5.74) is 0.234. The van der Waals surface area contributed by atoms with Crippen LogP contribution in [0, 0.1) is 0 Å². The Bertz CT molecular complexity index is 450. The lowest BCUT2D eigenvalue weighted by Gasteiger charge is -2.35. The molecule has 1 fully saturated rings. The zero-order valence-corrected chi connectivity index (χ0v) is 11.7. The summed E-state index contributed by atoms with van der Waals surface area (Å²) in [6.07, 6.45) is -0.122. The van der Waals surface area contributed by atoms with Crippen LogP contribution in [0.1, 0.15) is 18.9 Å². The molecule has 1 aliphatic heterocycles. The molecule has 20 heavy (non-hydrogen) atoms. The van der Waals surface area contributed by atoms with Crippen LogP contribution < -0.4 is 0 Å². The van der Waals surface area contributed by atoms with E-state index in [0.29, 0.717) is 26.0 Å². The first-order valence-corrected chi connectivity index (χ1v) is 6.88. The summed E-state index contributed by atoms with van der Waals surface area (Å²) in [7, 11) is 0. The number of hydrogen-bond donors (Lipinski definition) is 2. The monoisotopic (exact) mass is 279 g/mol. The molecule has 110 valence electrons. The fraction of sp³-hybridized carbons (Fsp3) is 0.533. The molecule has 2 atom stereocenters. The SMILES string of the molecule is CCO[C@H]1CN(C(=O)O)C(CO)(Cc2ccccc2)C1. The summed E-state index contributed by atoms with van der Waals surface area (Å²) in [5.74, 6) is 0. The lowest BCUT2D eigenvalue weighted by Crippen LogP contribution is -2.51. The second kappa shape index (κ2) is 6.24. The first-order chi connectivity index (χ1) is 9.61. The van der Waals surface area contributed by atoms with Gasteiger partial charge in [0.15, 0.2) is 0 Å². The highest BCUT2D eigenvalue weighted by molar-refractivity contribution is 5.67. The molecular weight excluding hydrogens is 258 g/mol. The maximum absolute atomic E-state index is 11.5. The van der Waals surface area contributed by atoms with Gasteiger partial charge in [0.2, 0.25) is 0 Å². The molecule has 1 heterocycles. The zero-order valence-electron chi connectivity index (χ0n) is 11.7. The first-order valence-electron chi connectivity index (χ1n) is 6.88. The Morgan fingerprint density at radius 3 is 2.70 bits per heavy atom. The minimum atomic E-state index is -1.00. The van der Waals surface area contributed by atoms with Crippen molar-refractivity contribution in [3.63, 3.8) is 0 Å². The number of hydrogen-bond acceptors (Lipinski definition) is 3. The van der Waals surface area contributed by atoms with E-state index in [2.05, 4.69) is 0 Å². The maximum Gasteiger partial charge on any atom is 0.407 e. The number of ether oxygens (including phenoxy) is 1. The minimum absolute atomic E-state index is 0.146. The largest absolute Gasteiger partial charge is 0.465 e. The molecule has 5 heteroatoms. The Hall–Kier alpha value is -1.59. The van der Waals surface area contributed by atoms with E-state index in [1.54, 1.807) is 0 Å². The Morgan fingerprint density at radius 2 is 2.15 bits per heavy atom. The van der Waals surface area contributed by atoms with E-state index in [-0.39, 0.29) is 12.7 Å². The molecule has 1 unspecified atom stereocenters. The van der Waals surface area contributed by atoms with Crippen LogP contribution in [0.3, 0.4) is 0 Å². The van der Waals surface area contributed by atoms with Gasteiger partial charge < -0.3 is 14.9 Å². The number of carboxylic acid groups (broad SMARTS) is 1. The molecule has 0 aliphatic carbocycles. The van der Waals surface area contributed by atoms with Crippen LogP contribution in [0.5, 0.6) is 0 Å². The van der Waals surface area contributed by atoms with Gasteiger partial charge in [-0.05, 0) is 18.9 Å². The third-order valence-corrected chi connectivity index (χ3v) is 3.87. The van der Waals surface area contributed by atoms with E-state index in [1.165, 1.54) is 4.90 Å². The van der Waals surface area contributed by atoms with Crippen molar-refractivity contribution in [2.45, 2.75) is 31.4 Å². The van der Waals surface area contributed by atoms with Crippen molar-refractivity contribution in [2.24, 2.45) is 0 Å². The fourth-order valence-corrected chi connectivity index (χ4v) is 2.97. The lowest BCUT2D eigenvalue weighted by atomic mass is 9.88. The van der Waals surface area contributed by atoms with E-state index in [1.807, 2.05) is 37.3 Å². The van der Waals surface area contributed by atoms with Gasteiger partial charge in [-0.1, -0.05) is 30.3 Å². The highest BCUT2D eigenvalue weighted by Crippen LogP contribution is 2.34. The van der Waals surface area contributed by atoms with E-state index < -0.39 is 11.6 Å². The lowest BCUT2D eigenvalue weighted by molar-refractivity contribution is 0.0593. The molecule has 1 aromatic rings. The number of aliphatic hydroxyl groups excluding tert-OH is 1. The molecule has 1 aliphatic rings. The van der Waals surface area contributed by atoms with Crippen LogP contribution >= 0.6 is 0 Å². The minimum Gasteiger partial charge on any atom is -0.465 e. The van der Waals surface area contributed by atoms with E-state index in [9.17, 15) is 15.0 Å². The van der Waals surface area contributed by atoms with Crippen molar-refractivity contribution in [2.75, 3.05) is 19.8 Å². The smallest absolute Gasteiger partial charge is 0.407 e. The Labute approximate surface area is 118 Å². The molecule has 1 saturated heterocycles. The van der Waals surface area contributed by atoms with E-state index in [4.69, 9.17) is 4.74 Å². The predicted molar refractivity (Wildman–Crippen MR) is 74.7 cm³/mol. The van der Waals surface area contributed by atoms with Crippen LogP contribution in [0.15, 0.2) is 30.3 Å². The quantitative estimate of drug-likeness (QED) is 0.861. The average molecular weight is 279 g/mol. The summed E-state index contributed by atoms with van der Waals surface area (Å²) in [5, 5.41) is 19.2. The number of benzene rings is 1. The molecule has 2 rings (SSSR count). The van der Waals surface area contributed by atoms with Crippen LogP contribution in [0.2, 0.25) is 0 Å². The summed E-state index contributed by atoms with van der Waals surface area (Å²) in [4.78, 5) is 12.8. The van der Waals surface area contributed by atoms with Gasteiger partial charge in [-0.2, -0.15) is 0 Å². The van der Waals surface area contributed by atoms with Gasteiger partial charge in [-0.3, -0.25) is 4.90 Å². The van der Waals surface area contributed by atoms with Crippen LogP contribution in [0.4, 0.5) is 4.79 Å². The molecule has 2 N–H and O–H groups in total. The number of aliphatic hydroxyl groups is 1. The molecule has 0 saturated carbocycles. The molecular formula is C15H21NO4. The van der Waals surface area contributed by atoms with Crippen molar-refractivity contribution in [3.05, 3.63) is 35.9 Å². The standard InChI is InChI=1S/C15H21NO4/c1-2-20-13-9-15(11-17,16(10-13)14(18)19)8-12-6-4-3-5-7-12/h3-7,13,17H,2,8-11H2,1H3,(H,18,19)/t13-,15?/m1/s1. The predicted octanol–water partition coefficient (Wildman–Crippen LogP) is 1.75. The zero-order chi connectivity index (χ0) is 14.6. The number of carbonyl (C=O) groups is 1. The van der Waals surface area contributed by atoms with Crippen molar-refractivity contribution in [1.29, 1.82) is 0 Å². The maximum atomic E-state index is 11.5. The second-order valence-electron chi connectivity index (χ2n) is 5.22. The topological polar surface area (TPSA) is 70.0 Å². The molecule has 1 amide bonds. The average Bonchev–Trinajstić information content (AvgIpc) is 2.80. The van der Waals surface area contributed by atoms with Crippen molar-refractivity contribution in [3.8, 4) is 0 Å². The first kappa shape index (κ1) is 14.8. The van der Waals surface area contributed by atoms with Crippen molar-refractivity contribution < 1.29 is 19.7 Å². The summed E-state index contributed by atoms with van der Waals surface area (Å²) in [6, 6.07) is 9.65. The van der Waals surface area contributed by atoms with Crippen LogP contribution in [-0.4, -0.2) is 52.6 Å². The van der Waals surface area contributed by atoms with Crippen LogP contribution in [0.25, 0.3) is 0 Å². The third-order valence-electron chi connectivity index (χ3n) is 3.87. The molecule has 0 radical (unpaired) electrons. The van der Waals surface area contributed by atoms with E-state index >= 15 is 0 Å². The van der Waals surface area contributed by atoms with Gasteiger partial charge in [0.05, 0.1) is 24.8 Å². The normalized spacial score (nSPS) is 25.9. The Kier molecular flexibility index (Phi) is 4.62. The van der Waals surface area contributed by atoms with Crippen LogP contribution in [-0.2, 0) is 11.2 Å². The molecule has 0 aromatic heterocycles. The van der Waals surface area contributed by atoms with Gasteiger partial charge in [-0.25, -0.2) is 4.79 Å². The summed E-state index contributed by atoms with van der Waals surface area (Å²) >= 11 is 0. The number of likely N-dealkylation sites (tertiary alicyclic amines) is 1. The Balaban J connectivity index is 2.23. The number of rotatable bonds is 5. The van der Waals surface area contributed by atoms with Gasteiger partial charge in [-0.15, -0.1) is 0 Å². The number of nitrogens with zero attached hydrogens (tertiary/aromatic N) is 1. The number of amides is 1. The highest BCUT2D eigenvalue weighted by atomic mass is 16.5.